The van der Waals surface area contributed by atoms with Gasteiger partial charge in [-0.3, -0.25) is 4.40 Å². The fourth-order valence-electron chi connectivity index (χ4n) is 2.19. The first-order valence-electron chi connectivity index (χ1n) is 6.91. The number of halogens is 1. The quantitative estimate of drug-likeness (QED) is 0.620. The molecule has 114 valence electrons. The number of thiazole rings is 1. The van der Waals surface area contributed by atoms with Crippen LogP contribution >= 0.6 is 27.3 Å². The van der Waals surface area contributed by atoms with Crippen LogP contribution in [0.2, 0.25) is 0 Å². The first-order chi connectivity index (χ1) is 10.5. The number of carbonyl (C=O) groups is 1. The average molecular weight is 379 g/mol. The molecule has 2 heterocycles. The van der Waals surface area contributed by atoms with Crippen molar-refractivity contribution in [1.82, 2.24) is 9.38 Å². The monoisotopic (exact) mass is 378 g/mol. The summed E-state index contributed by atoms with van der Waals surface area (Å²) in [4.78, 5) is 18.1. The number of ether oxygens (including phenoxy) is 1. The van der Waals surface area contributed by atoms with Gasteiger partial charge < -0.3 is 4.74 Å². The third-order valence-electron chi connectivity index (χ3n) is 3.21. The van der Waals surface area contributed by atoms with E-state index in [9.17, 15) is 4.79 Å². The van der Waals surface area contributed by atoms with E-state index in [1.165, 1.54) is 11.3 Å². The Bertz CT molecular complexity index is 851. The summed E-state index contributed by atoms with van der Waals surface area (Å²) in [6, 6.07) is 7.99. The third-order valence-corrected chi connectivity index (χ3v) is 4.84. The molecule has 0 unspecified atom stereocenters. The summed E-state index contributed by atoms with van der Waals surface area (Å²) in [5.41, 5.74) is 2.79. The van der Waals surface area contributed by atoms with Crippen LogP contribution in [-0.4, -0.2) is 21.5 Å². The molecule has 0 aliphatic carbocycles. The first kappa shape index (κ1) is 15.2. The molecule has 22 heavy (non-hydrogen) atoms. The van der Waals surface area contributed by atoms with E-state index in [4.69, 9.17) is 4.74 Å². The van der Waals surface area contributed by atoms with Gasteiger partial charge in [-0.1, -0.05) is 39.4 Å². The molecule has 3 rings (SSSR count). The van der Waals surface area contributed by atoms with E-state index in [0.29, 0.717) is 4.88 Å². The second-order valence-electron chi connectivity index (χ2n) is 5.26. The highest BCUT2D eigenvalue weighted by Gasteiger charge is 2.20. The second-order valence-corrected chi connectivity index (χ2v) is 7.15. The molecule has 0 radical (unpaired) electrons. The van der Waals surface area contributed by atoms with Crippen molar-refractivity contribution in [1.29, 1.82) is 0 Å². The summed E-state index contributed by atoms with van der Waals surface area (Å²) < 4.78 is 8.23. The van der Waals surface area contributed by atoms with Crippen LogP contribution in [0.4, 0.5) is 0 Å². The van der Waals surface area contributed by atoms with Gasteiger partial charge in [-0.2, -0.15) is 0 Å². The minimum atomic E-state index is -0.285. The smallest absolute Gasteiger partial charge is 0.350 e. The summed E-state index contributed by atoms with van der Waals surface area (Å²) in [6.07, 6.45) is 1.83. The first-order valence-corrected chi connectivity index (χ1v) is 8.52. The Morgan fingerprint density at radius 1 is 1.41 bits per heavy atom. The van der Waals surface area contributed by atoms with Crippen molar-refractivity contribution >= 4 is 38.2 Å². The molecule has 0 N–H and O–H groups in total. The maximum Gasteiger partial charge on any atom is 0.350 e. The van der Waals surface area contributed by atoms with Crippen molar-refractivity contribution < 1.29 is 9.53 Å². The Balaban J connectivity index is 2.01. The SMILES string of the molecule is Cc1c(C(=O)OC(C)C)sc2nc(-c3cccc(Br)c3)cn12. The molecular weight excluding hydrogens is 364 g/mol. The predicted molar refractivity (Wildman–Crippen MR) is 91.5 cm³/mol. The molecule has 0 atom stereocenters. The molecule has 2 aromatic heterocycles. The maximum absolute atomic E-state index is 12.1. The molecule has 0 aliphatic rings. The average Bonchev–Trinajstić information content (AvgIpc) is 2.98. The number of rotatable bonds is 3. The second kappa shape index (κ2) is 5.85. The molecule has 0 amide bonds. The minimum absolute atomic E-state index is 0.126. The summed E-state index contributed by atoms with van der Waals surface area (Å²) in [6.45, 7) is 5.60. The number of aromatic nitrogens is 2. The van der Waals surface area contributed by atoms with E-state index in [1.54, 1.807) is 0 Å². The topological polar surface area (TPSA) is 43.6 Å². The molecule has 4 nitrogen and oxygen atoms in total. The molecule has 3 aromatic rings. The summed E-state index contributed by atoms with van der Waals surface area (Å²) in [5.74, 6) is -0.285. The lowest BCUT2D eigenvalue weighted by atomic mass is 10.2. The van der Waals surface area contributed by atoms with Crippen LogP contribution in [0, 0.1) is 6.92 Å². The van der Waals surface area contributed by atoms with Crippen LogP contribution in [0.1, 0.15) is 29.2 Å². The number of fused-ring (bicyclic) bond motifs is 1. The number of hydrogen-bond acceptors (Lipinski definition) is 4. The van der Waals surface area contributed by atoms with Gasteiger partial charge in [0.2, 0.25) is 0 Å². The van der Waals surface area contributed by atoms with Crippen LogP contribution in [-0.2, 0) is 4.74 Å². The Hall–Kier alpha value is -1.66. The Morgan fingerprint density at radius 2 is 2.18 bits per heavy atom. The summed E-state index contributed by atoms with van der Waals surface area (Å²) in [5, 5.41) is 0. The summed E-state index contributed by atoms with van der Waals surface area (Å²) >= 11 is 4.83. The Labute approximate surface area is 140 Å². The highest BCUT2D eigenvalue weighted by molar-refractivity contribution is 9.10. The van der Waals surface area contributed by atoms with Crippen LogP contribution in [0.15, 0.2) is 34.9 Å². The van der Waals surface area contributed by atoms with E-state index in [1.807, 2.05) is 55.6 Å². The number of hydrogen-bond donors (Lipinski definition) is 0. The van der Waals surface area contributed by atoms with E-state index >= 15 is 0 Å². The van der Waals surface area contributed by atoms with E-state index < -0.39 is 0 Å². The van der Waals surface area contributed by atoms with E-state index in [0.717, 1.165) is 26.4 Å². The van der Waals surface area contributed by atoms with Crippen molar-refractivity contribution in [2.24, 2.45) is 0 Å². The van der Waals surface area contributed by atoms with E-state index in [-0.39, 0.29) is 12.1 Å². The fraction of sp³-hybridized carbons (Fsp3) is 0.250. The number of aryl methyl sites for hydroxylation is 1. The predicted octanol–water partition coefficient (Wildman–Crippen LogP) is 4.70. The zero-order valence-electron chi connectivity index (χ0n) is 12.5. The zero-order chi connectivity index (χ0) is 15.9. The molecule has 0 spiro atoms. The van der Waals surface area contributed by atoms with Gasteiger partial charge in [0.05, 0.1) is 11.8 Å². The normalized spacial score (nSPS) is 11.3. The highest BCUT2D eigenvalue weighted by Crippen LogP contribution is 2.28. The molecular formula is C16H15BrN2O2S. The Morgan fingerprint density at radius 3 is 2.82 bits per heavy atom. The van der Waals surface area contributed by atoms with Crippen LogP contribution < -0.4 is 0 Å². The zero-order valence-corrected chi connectivity index (χ0v) is 14.9. The van der Waals surface area contributed by atoms with Gasteiger partial charge >= 0.3 is 5.97 Å². The molecule has 0 fully saturated rings. The van der Waals surface area contributed by atoms with Crippen molar-refractivity contribution in [2.75, 3.05) is 0 Å². The van der Waals surface area contributed by atoms with Crippen molar-refractivity contribution in [3.63, 3.8) is 0 Å². The van der Waals surface area contributed by atoms with Crippen molar-refractivity contribution in [2.45, 2.75) is 26.9 Å². The van der Waals surface area contributed by atoms with Gasteiger partial charge in [0.25, 0.3) is 0 Å². The number of esters is 1. The van der Waals surface area contributed by atoms with Crippen molar-refractivity contribution in [3.8, 4) is 11.3 Å². The number of carbonyl (C=O) groups excluding carboxylic acids is 1. The molecule has 1 aromatic carbocycles. The van der Waals surface area contributed by atoms with Crippen LogP contribution in [0.25, 0.3) is 16.2 Å². The van der Waals surface area contributed by atoms with Gasteiger partial charge in [-0.05, 0) is 32.9 Å². The number of benzene rings is 1. The highest BCUT2D eigenvalue weighted by atomic mass is 79.9. The van der Waals surface area contributed by atoms with E-state index in [2.05, 4.69) is 20.9 Å². The molecule has 0 saturated heterocycles. The minimum Gasteiger partial charge on any atom is -0.459 e. The fourth-order valence-corrected chi connectivity index (χ4v) is 3.59. The van der Waals surface area contributed by atoms with Crippen LogP contribution in [0.5, 0.6) is 0 Å². The van der Waals surface area contributed by atoms with Gasteiger partial charge in [0.15, 0.2) is 4.96 Å². The molecule has 0 saturated carbocycles. The van der Waals surface area contributed by atoms with Gasteiger partial charge in [-0.15, -0.1) is 0 Å². The van der Waals surface area contributed by atoms with Crippen LogP contribution in [0.3, 0.4) is 0 Å². The summed E-state index contributed by atoms with van der Waals surface area (Å²) in [7, 11) is 0. The lowest BCUT2D eigenvalue weighted by Gasteiger charge is -2.06. The number of nitrogens with zero attached hydrogens (tertiary/aromatic N) is 2. The Kier molecular flexibility index (Phi) is 4.06. The van der Waals surface area contributed by atoms with Crippen molar-refractivity contribution in [3.05, 3.63) is 45.5 Å². The van der Waals surface area contributed by atoms with Gasteiger partial charge in [0, 0.05) is 21.9 Å². The lowest BCUT2D eigenvalue weighted by molar-refractivity contribution is 0.0382. The lowest BCUT2D eigenvalue weighted by Crippen LogP contribution is -2.11. The molecule has 6 heteroatoms. The van der Waals surface area contributed by atoms with Gasteiger partial charge in [0.1, 0.15) is 4.88 Å². The largest absolute Gasteiger partial charge is 0.459 e. The molecule has 0 aliphatic heterocycles. The molecule has 0 bridgehead atoms. The maximum atomic E-state index is 12.1. The standard InChI is InChI=1S/C16H15BrN2O2S/c1-9(2)21-15(20)14-10(3)19-8-13(18-16(19)22-14)11-5-4-6-12(17)7-11/h4-9H,1-3H3. The number of imidazole rings is 1. The van der Waals surface area contributed by atoms with Gasteiger partial charge in [-0.25, -0.2) is 9.78 Å². The third kappa shape index (κ3) is 2.80.